The van der Waals surface area contributed by atoms with E-state index >= 15 is 0 Å². The number of ether oxygens (including phenoxy) is 1. The largest absolute Gasteiger partial charge is 0.433 e. The lowest BCUT2D eigenvalue weighted by Gasteiger charge is -2.22. The molecule has 1 fully saturated rings. The van der Waals surface area contributed by atoms with Gasteiger partial charge in [0.05, 0.1) is 5.69 Å². The molecule has 29 heavy (non-hydrogen) atoms. The van der Waals surface area contributed by atoms with Crippen LogP contribution in [0.5, 0.6) is 5.75 Å². The average Bonchev–Trinajstić information content (AvgIpc) is 3.36. The lowest BCUT2D eigenvalue weighted by atomic mass is 10.2. The summed E-state index contributed by atoms with van der Waals surface area (Å²) >= 11 is 0. The second-order valence-electron chi connectivity index (χ2n) is 6.54. The van der Waals surface area contributed by atoms with Crippen LogP contribution in [-0.4, -0.2) is 55.1 Å². The molecule has 160 valence electrons. The van der Waals surface area contributed by atoms with E-state index in [-0.39, 0.29) is 35.8 Å². The van der Waals surface area contributed by atoms with Gasteiger partial charge in [-0.3, -0.25) is 9.67 Å². The van der Waals surface area contributed by atoms with E-state index in [4.69, 9.17) is 0 Å². The standard InChI is InChI=1S/C19H26F2N6O.HI/c1-22-19(23-9-4-11-27-12-5-10-24-27)25-15-8-13-26(14-15)16-6-2-3-7-17(16)28-18(20)21;/h2-3,5-7,10,12,15,18H,4,8-9,11,13-14H2,1H3,(H2,22,23,25);1H. The molecule has 0 aliphatic carbocycles. The van der Waals surface area contributed by atoms with Crippen molar-refractivity contribution in [2.45, 2.75) is 32.0 Å². The van der Waals surface area contributed by atoms with E-state index in [2.05, 4.69) is 30.4 Å². The maximum Gasteiger partial charge on any atom is 0.387 e. The van der Waals surface area contributed by atoms with Gasteiger partial charge in [-0.05, 0) is 31.0 Å². The Kier molecular flexibility index (Phi) is 9.42. The van der Waals surface area contributed by atoms with Crippen LogP contribution in [0.25, 0.3) is 0 Å². The number of aromatic nitrogens is 2. The van der Waals surface area contributed by atoms with Crippen LogP contribution in [0.3, 0.4) is 0 Å². The summed E-state index contributed by atoms with van der Waals surface area (Å²) in [4.78, 5) is 6.33. The summed E-state index contributed by atoms with van der Waals surface area (Å²) in [5, 5.41) is 10.9. The van der Waals surface area contributed by atoms with Crippen molar-refractivity contribution in [3.05, 3.63) is 42.7 Å². The van der Waals surface area contributed by atoms with Crippen molar-refractivity contribution in [2.24, 2.45) is 4.99 Å². The fourth-order valence-corrected chi connectivity index (χ4v) is 3.28. The molecule has 1 unspecified atom stereocenters. The number of nitrogens with zero attached hydrogens (tertiary/aromatic N) is 4. The first-order valence-corrected chi connectivity index (χ1v) is 9.39. The maximum atomic E-state index is 12.6. The average molecular weight is 520 g/mol. The molecule has 1 aromatic heterocycles. The number of hydrogen-bond donors (Lipinski definition) is 2. The van der Waals surface area contributed by atoms with E-state index in [1.165, 1.54) is 0 Å². The van der Waals surface area contributed by atoms with Crippen molar-refractivity contribution in [1.29, 1.82) is 0 Å². The molecule has 2 heterocycles. The number of rotatable bonds is 8. The summed E-state index contributed by atoms with van der Waals surface area (Å²) in [5.74, 6) is 0.948. The second kappa shape index (κ2) is 11.8. The smallest absolute Gasteiger partial charge is 0.387 e. The zero-order valence-electron chi connectivity index (χ0n) is 16.3. The summed E-state index contributed by atoms with van der Waals surface area (Å²) in [5.41, 5.74) is 0.689. The predicted molar refractivity (Wildman–Crippen MR) is 120 cm³/mol. The molecular weight excluding hydrogens is 493 g/mol. The summed E-state index contributed by atoms with van der Waals surface area (Å²) in [6.07, 6.45) is 5.52. The Bertz CT molecular complexity index is 759. The Labute approximate surface area is 186 Å². The third-order valence-corrected chi connectivity index (χ3v) is 4.59. The number of benzene rings is 1. The van der Waals surface area contributed by atoms with Gasteiger partial charge in [0.25, 0.3) is 0 Å². The molecule has 0 bridgehead atoms. The number of anilines is 1. The van der Waals surface area contributed by atoms with Gasteiger partial charge < -0.3 is 20.3 Å². The van der Waals surface area contributed by atoms with Crippen LogP contribution in [0.1, 0.15) is 12.8 Å². The zero-order chi connectivity index (χ0) is 19.8. The fraction of sp³-hybridized carbons (Fsp3) is 0.474. The van der Waals surface area contributed by atoms with Crippen molar-refractivity contribution >= 4 is 35.6 Å². The maximum absolute atomic E-state index is 12.6. The first-order chi connectivity index (χ1) is 13.7. The first kappa shape index (κ1) is 23.2. The van der Waals surface area contributed by atoms with E-state index in [1.807, 2.05) is 29.1 Å². The zero-order valence-corrected chi connectivity index (χ0v) is 18.6. The quantitative estimate of drug-likeness (QED) is 0.243. The molecule has 7 nitrogen and oxygen atoms in total. The highest BCUT2D eigenvalue weighted by molar-refractivity contribution is 14.0. The minimum atomic E-state index is -2.83. The van der Waals surface area contributed by atoms with Gasteiger partial charge in [0.1, 0.15) is 5.75 Å². The van der Waals surface area contributed by atoms with Gasteiger partial charge >= 0.3 is 6.61 Å². The Hall–Kier alpha value is -2.11. The van der Waals surface area contributed by atoms with E-state index < -0.39 is 6.61 Å². The molecule has 1 aromatic carbocycles. The number of aliphatic imine (C=N–C) groups is 1. The van der Waals surface area contributed by atoms with Crippen molar-refractivity contribution in [3.8, 4) is 5.75 Å². The van der Waals surface area contributed by atoms with Crippen molar-refractivity contribution < 1.29 is 13.5 Å². The Morgan fingerprint density at radius 2 is 2.17 bits per heavy atom. The van der Waals surface area contributed by atoms with Crippen LogP contribution in [0.4, 0.5) is 14.5 Å². The molecule has 10 heteroatoms. The number of nitrogens with one attached hydrogen (secondary N) is 2. The van der Waals surface area contributed by atoms with Gasteiger partial charge in [0.15, 0.2) is 5.96 Å². The topological polar surface area (TPSA) is 66.7 Å². The minimum absolute atomic E-state index is 0. The molecule has 1 aliphatic rings. The summed E-state index contributed by atoms with van der Waals surface area (Å²) in [7, 11) is 1.74. The van der Waals surface area contributed by atoms with Crippen LogP contribution < -0.4 is 20.3 Å². The Balaban J connectivity index is 0.00000300. The molecule has 0 saturated carbocycles. The van der Waals surface area contributed by atoms with Gasteiger partial charge in [-0.25, -0.2) is 0 Å². The normalized spacial score (nSPS) is 16.6. The molecule has 0 amide bonds. The first-order valence-electron chi connectivity index (χ1n) is 9.39. The van der Waals surface area contributed by atoms with Gasteiger partial charge in [-0.2, -0.15) is 13.9 Å². The molecule has 2 aromatic rings. The highest BCUT2D eigenvalue weighted by Crippen LogP contribution is 2.31. The summed E-state index contributed by atoms with van der Waals surface area (Å²) < 4.78 is 31.8. The minimum Gasteiger partial charge on any atom is -0.433 e. The Morgan fingerprint density at radius 1 is 1.34 bits per heavy atom. The SMILES string of the molecule is CN=C(NCCCn1cccn1)NC1CCN(c2ccccc2OC(F)F)C1.I. The summed E-state index contributed by atoms with van der Waals surface area (Å²) in [6.45, 7) is 0.244. The van der Waals surface area contributed by atoms with Crippen molar-refractivity contribution in [3.63, 3.8) is 0 Å². The highest BCUT2D eigenvalue weighted by atomic mass is 127. The fourth-order valence-electron chi connectivity index (χ4n) is 3.28. The summed E-state index contributed by atoms with van der Waals surface area (Å²) in [6, 6.07) is 8.99. The van der Waals surface area contributed by atoms with Crippen LogP contribution in [0.15, 0.2) is 47.7 Å². The molecule has 1 aliphatic heterocycles. The molecule has 0 spiro atoms. The Morgan fingerprint density at radius 3 is 2.90 bits per heavy atom. The highest BCUT2D eigenvalue weighted by Gasteiger charge is 2.25. The molecule has 2 N–H and O–H groups in total. The predicted octanol–water partition coefficient (Wildman–Crippen LogP) is 2.94. The van der Waals surface area contributed by atoms with E-state index in [0.29, 0.717) is 12.2 Å². The van der Waals surface area contributed by atoms with E-state index in [1.54, 1.807) is 25.4 Å². The van der Waals surface area contributed by atoms with E-state index in [9.17, 15) is 8.78 Å². The third-order valence-electron chi connectivity index (χ3n) is 4.59. The van der Waals surface area contributed by atoms with E-state index in [0.717, 1.165) is 38.4 Å². The number of alkyl halides is 2. The van der Waals surface area contributed by atoms with Crippen LogP contribution in [0.2, 0.25) is 0 Å². The van der Waals surface area contributed by atoms with Crippen molar-refractivity contribution in [2.75, 3.05) is 31.6 Å². The number of halogens is 3. The molecule has 0 radical (unpaired) electrons. The van der Waals surface area contributed by atoms with Gasteiger partial charge in [-0.15, -0.1) is 24.0 Å². The molecule has 3 rings (SSSR count). The molecule has 1 saturated heterocycles. The van der Waals surface area contributed by atoms with Gasteiger partial charge in [-0.1, -0.05) is 12.1 Å². The van der Waals surface area contributed by atoms with Crippen LogP contribution in [0, 0.1) is 0 Å². The van der Waals surface area contributed by atoms with Gasteiger partial charge in [0, 0.05) is 51.7 Å². The van der Waals surface area contributed by atoms with Crippen LogP contribution in [-0.2, 0) is 6.54 Å². The monoisotopic (exact) mass is 520 g/mol. The number of aryl methyl sites for hydroxylation is 1. The number of para-hydroxylation sites is 2. The van der Waals surface area contributed by atoms with Crippen LogP contribution >= 0.6 is 24.0 Å². The second-order valence-corrected chi connectivity index (χ2v) is 6.54. The lowest BCUT2D eigenvalue weighted by molar-refractivity contribution is -0.0495. The number of hydrogen-bond acceptors (Lipinski definition) is 4. The van der Waals surface area contributed by atoms with Crippen molar-refractivity contribution in [1.82, 2.24) is 20.4 Å². The molecular formula is C19H27F2IN6O. The lowest BCUT2D eigenvalue weighted by Crippen LogP contribution is -2.45. The van der Waals surface area contributed by atoms with Gasteiger partial charge in [0.2, 0.25) is 0 Å². The third kappa shape index (κ3) is 7.02. The number of guanidine groups is 1. The molecule has 1 atom stereocenters.